The highest BCUT2D eigenvalue weighted by atomic mass is 16.3. The summed E-state index contributed by atoms with van der Waals surface area (Å²) in [7, 11) is 0. The molecule has 0 saturated heterocycles. The lowest BCUT2D eigenvalue weighted by molar-refractivity contribution is -0.122. The second kappa shape index (κ2) is 7.43. The average Bonchev–Trinajstić information content (AvgIpc) is 2.56. The fourth-order valence-corrected chi connectivity index (χ4v) is 2.79. The van der Waals surface area contributed by atoms with Crippen molar-refractivity contribution in [2.24, 2.45) is 5.73 Å². The quantitative estimate of drug-likeness (QED) is 0.744. The maximum Gasteiger partial charge on any atom is 0.290 e. The van der Waals surface area contributed by atoms with Crippen LogP contribution < -0.4 is 5.73 Å². The maximum atomic E-state index is 10.1. The summed E-state index contributed by atoms with van der Waals surface area (Å²) in [5, 5.41) is 17.0. The average molecular weight is 297 g/mol. The topological polar surface area (TPSA) is 83.5 Å². The fourth-order valence-electron chi connectivity index (χ4n) is 2.79. The number of fused-ring (bicyclic) bond motifs is 1. The number of hydrogen-bond donors (Lipinski definition) is 3. The predicted molar refractivity (Wildman–Crippen MR) is 86.7 cm³/mol. The minimum Gasteiger partial charge on any atom is -0.508 e. The molecule has 22 heavy (non-hydrogen) atoms. The van der Waals surface area contributed by atoms with Crippen LogP contribution in [-0.4, -0.2) is 23.2 Å². The van der Waals surface area contributed by atoms with Gasteiger partial charge in [0.25, 0.3) is 6.47 Å². The first-order valence-electron chi connectivity index (χ1n) is 7.06. The van der Waals surface area contributed by atoms with Crippen molar-refractivity contribution in [2.75, 3.05) is 6.54 Å². The normalized spacial score (nSPS) is 15.9. The van der Waals surface area contributed by atoms with Crippen molar-refractivity contribution < 1.29 is 15.0 Å². The molecule has 4 heteroatoms. The summed E-state index contributed by atoms with van der Waals surface area (Å²) < 4.78 is 0. The van der Waals surface area contributed by atoms with Crippen molar-refractivity contribution in [3.63, 3.8) is 0 Å². The van der Waals surface area contributed by atoms with Gasteiger partial charge in [-0.1, -0.05) is 48.5 Å². The number of phenols is 1. The Labute approximate surface area is 129 Å². The summed E-state index contributed by atoms with van der Waals surface area (Å²) in [6, 6.07) is 16.0. The molecule has 2 aromatic carbocycles. The number of hydrogen-bond acceptors (Lipinski definition) is 3. The molecule has 114 valence electrons. The summed E-state index contributed by atoms with van der Waals surface area (Å²) >= 11 is 0. The second-order valence-electron chi connectivity index (χ2n) is 5.03. The molecule has 3 rings (SSSR count). The van der Waals surface area contributed by atoms with E-state index in [1.54, 1.807) is 6.07 Å². The molecule has 4 N–H and O–H groups in total. The molecule has 0 aromatic heterocycles. The van der Waals surface area contributed by atoms with Gasteiger partial charge in [-0.25, -0.2) is 0 Å². The Morgan fingerprint density at radius 3 is 2.45 bits per heavy atom. The van der Waals surface area contributed by atoms with E-state index in [2.05, 4.69) is 18.2 Å². The number of allylic oxidation sites excluding steroid dienone is 1. The predicted octanol–water partition coefficient (Wildman–Crippen LogP) is 2.78. The van der Waals surface area contributed by atoms with Crippen LogP contribution in [0.3, 0.4) is 0 Å². The Hall–Kier alpha value is -2.59. The standard InChI is InChI=1S/C17H17NO.CH2O2/c18-11-14-9-13(12-5-2-1-3-6-12)10-16-15(14)7-4-8-17(16)19;2-1-3/h1-9,13,19H,10-11,18H2;1H,(H,2,3). The first kappa shape index (κ1) is 15.8. The molecule has 0 heterocycles. The van der Waals surface area contributed by atoms with Gasteiger partial charge < -0.3 is 15.9 Å². The van der Waals surface area contributed by atoms with E-state index in [1.165, 1.54) is 5.56 Å². The van der Waals surface area contributed by atoms with E-state index in [-0.39, 0.29) is 6.47 Å². The molecule has 0 saturated carbocycles. The van der Waals surface area contributed by atoms with E-state index in [1.807, 2.05) is 30.3 Å². The van der Waals surface area contributed by atoms with E-state index in [0.29, 0.717) is 18.2 Å². The molecule has 0 fully saturated rings. The minimum atomic E-state index is -0.250. The summed E-state index contributed by atoms with van der Waals surface area (Å²) in [5.41, 5.74) is 10.3. The number of aromatic hydroxyl groups is 1. The van der Waals surface area contributed by atoms with E-state index >= 15 is 0 Å². The zero-order valence-corrected chi connectivity index (χ0v) is 12.1. The zero-order chi connectivity index (χ0) is 15.9. The largest absolute Gasteiger partial charge is 0.508 e. The van der Waals surface area contributed by atoms with Gasteiger partial charge in [0, 0.05) is 18.0 Å². The van der Waals surface area contributed by atoms with Crippen LogP contribution in [0.4, 0.5) is 0 Å². The van der Waals surface area contributed by atoms with Crippen LogP contribution in [0, 0.1) is 0 Å². The van der Waals surface area contributed by atoms with Crippen LogP contribution >= 0.6 is 0 Å². The minimum absolute atomic E-state index is 0.250. The zero-order valence-electron chi connectivity index (χ0n) is 12.1. The van der Waals surface area contributed by atoms with Crippen molar-refractivity contribution in [1.82, 2.24) is 0 Å². The van der Waals surface area contributed by atoms with Crippen molar-refractivity contribution in [3.05, 3.63) is 71.3 Å². The number of rotatable bonds is 2. The maximum absolute atomic E-state index is 10.1. The lowest BCUT2D eigenvalue weighted by Gasteiger charge is -2.24. The Balaban J connectivity index is 0.000000545. The fraction of sp³-hybridized carbons (Fsp3) is 0.167. The van der Waals surface area contributed by atoms with Crippen LogP contribution in [-0.2, 0) is 11.2 Å². The molecule has 0 amide bonds. The molecule has 0 bridgehead atoms. The Kier molecular flexibility index (Phi) is 5.33. The number of nitrogens with two attached hydrogens (primary N) is 1. The Bertz CT molecular complexity index is 665. The van der Waals surface area contributed by atoms with E-state index in [4.69, 9.17) is 15.6 Å². The summed E-state index contributed by atoms with van der Waals surface area (Å²) in [4.78, 5) is 8.36. The molecular weight excluding hydrogens is 278 g/mol. The SMILES string of the molecule is NCC1=CC(c2ccccc2)Cc2c(O)cccc21.O=CO. The van der Waals surface area contributed by atoms with E-state index in [0.717, 1.165) is 23.1 Å². The molecule has 1 unspecified atom stereocenters. The molecule has 0 spiro atoms. The highest BCUT2D eigenvalue weighted by molar-refractivity contribution is 5.74. The van der Waals surface area contributed by atoms with Gasteiger partial charge >= 0.3 is 0 Å². The van der Waals surface area contributed by atoms with Crippen LogP contribution in [0.15, 0.2) is 54.6 Å². The van der Waals surface area contributed by atoms with Gasteiger partial charge in [-0.15, -0.1) is 0 Å². The molecule has 4 nitrogen and oxygen atoms in total. The summed E-state index contributed by atoms with van der Waals surface area (Å²) in [6.45, 7) is 0.250. The summed E-state index contributed by atoms with van der Waals surface area (Å²) in [6.07, 6.45) is 3.06. The summed E-state index contributed by atoms with van der Waals surface area (Å²) in [5.74, 6) is 0.665. The van der Waals surface area contributed by atoms with Crippen molar-refractivity contribution in [1.29, 1.82) is 0 Å². The molecule has 2 aromatic rings. The van der Waals surface area contributed by atoms with Gasteiger partial charge in [-0.05, 0) is 29.2 Å². The van der Waals surface area contributed by atoms with Crippen LogP contribution in [0.1, 0.15) is 22.6 Å². The molecule has 1 aliphatic carbocycles. The van der Waals surface area contributed by atoms with Gasteiger partial charge in [0.2, 0.25) is 0 Å². The van der Waals surface area contributed by atoms with Gasteiger partial charge in [0.05, 0.1) is 0 Å². The Morgan fingerprint density at radius 2 is 1.82 bits per heavy atom. The second-order valence-corrected chi connectivity index (χ2v) is 5.03. The highest BCUT2D eigenvalue weighted by Gasteiger charge is 2.22. The smallest absolute Gasteiger partial charge is 0.290 e. The lowest BCUT2D eigenvalue weighted by Crippen LogP contribution is -2.14. The third-order valence-electron chi connectivity index (χ3n) is 3.77. The monoisotopic (exact) mass is 297 g/mol. The molecule has 1 aliphatic rings. The van der Waals surface area contributed by atoms with Crippen LogP contribution in [0.2, 0.25) is 0 Å². The van der Waals surface area contributed by atoms with Crippen molar-refractivity contribution in [3.8, 4) is 5.75 Å². The van der Waals surface area contributed by atoms with Gasteiger partial charge in [-0.3, -0.25) is 4.79 Å². The van der Waals surface area contributed by atoms with Gasteiger partial charge in [0.1, 0.15) is 5.75 Å². The van der Waals surface area contributed by atoms with Crippen molar-refractivity contribution >= 4 is 12.0 Å². The van der Waals surface area contributed by atoms with Crippen LogP contribution in [0.25, 0.3) is 5.57 Å². The number of benzene rings is 2. The number of carboxylic acid groups (broad SMARTS) is 1. The van der Waals surface area contributed by atoms with Gasteiger partial charge in [0.15, 0.2) is 0 Å². The molecule has 0 radical (unpaired) electrons. The van der Waals surface area contributed by atoms with E-state index < -0.39 is 0 Å². The first-order chi connectivity index (χ1) is 10.7. The third kappa shape index (κ3) is 3.35. The van der Waals surface area contributed by atoms with E-state index in [9.17, 15) is 5.11 Å². The Morgan fingerprint density at radius 1 is 1.14 bits per heavy atom. The lowest BCUT2D eigenvalue weighted by atomic mass is 9.81. The van der Waals surface area contributed by atoms with Crippen LogP contribution in [0.5, 0.6) is 5.75 Å². The number of phenolic OH excluding ortho intramolecular Hbond substituents is 1. The number of carbonyl (C=O) groups is 1. The molecule has 1 atom stereocenters. The first-order valence-corrected chi connectivity index (χ1v) is 7.06. The highest BCUT2D eigenvalue weighted by Crippen LogP contribution is 2.37. The third-order valence-corrected chi connectivity index (χ3v) is 3.77. The molecular formula is C18H19NO3. The van der Waals surface area contributed by atoms with Gasteiger partial charge in [-0.2, -0.15) is 0 Å². The molecule has 0 aliphatic heterocycles. The van der Waals surface area contributed by atoms with Crippen molar-refractivity contribution in [2.45, 2.75) is 12.3 Å².